The van der Waals surface area contributed by atoms with Crippen LogP contribution in [0.5, 0.6) is 0 Å². The van der Waals surface area contributed by atoms with Crippen LogP contribution >= 0.6 is 11.3 Å². The molecule has 1 aromatic heterocycles. The molecule has 1 N–H and O–H groups in total. The van der Waals surface area contributed by atoms with E-state index in [1.165, 1.54) is 6.42 Å². The van der Waals surface area contributed by atoms with Crippen molar-refractivity contribution in [3.63, 3.8) is 0 Å². The van der Waals surface area contributed by atoms with Crippen LogP contribution in [0.15, 0.2) is 6.20 Å². The minimum atomic E-state index is -4.45. The largest absolute Gasteiger partial charge is 0.443 e. The molecule has 0 aliphatic carbocycles. The highest BCUT2D eigenvalue weighted by Gasteiger charge is 2.40. The number of rotatable bonds is 3. The van der Waals surface area contributed by atoms with Gasteiger partial charge in [-0.25, -0.2) is 4.98 Å². The third-order valence-corrected chi connectivity index (χ3v) is 4.97. The van der Waals surface area contributed by atoms with Crippen LogP contribution in [0.4, 0.5) is 13.2 Å². The summed E-state index contributed by atoms with van der Waals surface area (Å²) in [6.07, 6.45) is -0.975. The van der Waals surface area contributed by atoms with E-state index in [9.17, 15) is 18.3 Å². The lowest BCUT2D eigenvalue weighted by Gasteiger charge is -2.43. The van der Waals surface area contributed by atoms with Gasteiger partial charge < -0.3 is 5.11 Å². The number of piperidine rings is 1. The van der Waals surface area contributed by atoms with Crippen molar-refractivity contribution >= 4 is 11.3 Å². The third kappa shape index (κ3) is 3.15. The van der Waals surface area contributed by atoms with Gasteiger partial charge in [-0.2, -0.15) is 13.2 Å². The summed E-state index contributed by atoms with van der Waals surface area (Å²) in [4.78, 5) is 5.80. The van der Waals surface area contributed by atoms with Gasteiger partial charge in [0.15, 0.2) is 5.01 Å². The lowest BCUT2D eigenvalue weighted by Crippen LogP contribution is -2.50. The minimum absolute atomic E-state index is 0.271. The number of nitrogens with zero attached hydrogens (tertiary/aromatic N) is 2. The van der Waals surface area contributed by atoms with Crippen LogP contribution in [0.1, 0.15) is 49.1 Å². The van der Waals surface area contributed by atoms with Crippen LogP contribution in [0, 0.1) is 0 Å². The van der Waals surface area contributed by atoms with Crippen molar-refractivity contribution in [2.45, 2.75) is 50.9 Å². The van der Waals surface area contributed by atoms with Crippen molar-refractivity contribution in [1.82, 2.24) is 9.88 Å². The fraction of sp³-hybridized carbons (Fsp3) is 0.769. The van der Waals surface area contributed by atoms with E-state index in [-0.39, 0.29) is 4.88 Å². The van der Waals surface area contributed by atoms with Crippen molar-refractivity contribution in [1.29, 1.82) is 0 Å². The van der Waals surface area contributed by atoms with Crippen molar-refractivity contribution in [2.75, 3.05) is 13.1 Å². The highest BCUT2D eigenvalue weighted by molar-refractivity contribution is 7.11. The second-order valence-corrected chi connectivity index (χ2v) is 6.73. The van der Waals surface area contributed by atoms with Gasteiger partial charge in [-0.15, -0.1) is 11.3 Å². The Morgan fingerprint density at radius 3 is 2.35 bits per heavy atom. The van der Waals surface area contributed by atoms with Gasteiger partial charge in [-0.3, -0.25) is 4.90 Å². The molecule has 1 aliphatic rings. The highest BCUT2D eigenvalue weighted by Crippen LogP contribution is 2.39. The smallest absolute Gasteiger partial charge is 0.386 e. The molecule has 2 rings (SSSR count). The summed E-state index contributed by atoms with van der Waals surface area (Å²) in [5.74, 6) is 0. The number of hydrogen-bond donors (Lipinski definition) is 1. The first kappa shape index (κ1) is 15.7. The number of alkyl halides is 3. The quantitative estimate of drug-likeness (QED) is 0.929. The predicted molar refractivity (Wildman–Crippen MR) is 71.6 cm³/mol. The van der Waals surface area contributed by atoms with E-state index >= 15 is 0 Å². The second-order valence-electron chi connectivity index (χ2n) is 5.67. The van der Waals surface area contributed by atoms with Gasteiger partial charge in [0.2, 0.25) is 0 Å². The molecular weight excluding hydrogens is 289 g/mol. The molecule has 1 aliphatic heterocycles. The summed E-state index contributed by atoms with van der Waals surface area (Å²) < 4.78 is 37.7. The molecule has 3 nitrogen and oxygen atoms in total. The van der Waals surface area contributed by atoms with Gasteiger partial charge in [0, 0.05) is 11.7 Å². The van der Waals surface area contributed by atoms with Crippen LogP contribution in [-0.4, -0.2) is 33.6 Å². The molecule has 20 heavy (non-hydrogen) atoms. The van der Waals surface area contributed by atoms with Crippen LogP contribution < -0.4 is 0 Å². The molecule has 7 heteroatoms. The van der Waals surface area contributed by atoms with Crippen molar-refractivity contribution in [3.05, 3.63) is 16.1 Å². The van der Waals surface area contributed by atoms with Crippen LogP contribution in [0.3, 0.4) is 0 Å². The molecule has 1 saturated heterocycles. The van der Waals surface area contributed by atoms with E-state index in [0.29, 0.717) is 11.3 Å². The monoisotopic (exact) mass is 308 g/mol. The molecule has 2 heterocycles. The zero-order chi connectivity index (χ0) is 15.0. The van der Waals surface area contributed by atoms with Gasteiger partial charge in [0.25, 0.3) is 0 Å². The second kappa shape index (κ2) is 5.61. The van der Waals surface area contributed by atoms with Crippen LogP contribution in [-0.2, 0) is 6.18 Å². The summed E-state index contributed by atoms with van der Waals surface area (Å²) in [5, 5.41) is 9.54. The third-order valence-electron chi connectivity index (χ3n) is 3.88. The topological polar surface area (TPSA) is 36.4 Å². The summed E-state index contributed by atoms with van der Waals surface area (Å²) >= 11 is 0.526. The zero-order valence-electron chi connectivity index (χ0n) is 11.6. The first-order chi connectivity index (χ1) is 9.23. The zero-order valence-corrected chi connectivity index (χ0v) is 12.4. The first-order valence-corrected chi connectivity index (χ1v) is 7.50. The maximum atomic E-state index is 12.6. The maximum Gasteiger partial charge on any atom is 0.443 e. The maximum absolute atomic E-state index is 12.6. The number of hydrogen-bond acceptors (Lipinski definition) is 4. The average molecular weight is 308 g/mol. The molecule has 0 spiro atoms. The van der Waals surface area contributed by atoms with Crippen molar-refractivity contribution < 1.29 is 18.3 Å². The molecule has 1 atom stereocenters. The summed E-state index contributed by atoms with van der Waals surface area (Å²) in [6.45, 7) is 5.48. The Morgan fingerprint density at radius 1 is 1.25 bits per heavy atom. The lowest BCUT2D eigenvalue weighted by molar-refractivity contribution is -0.137. The number of aromatic nitrogens is 1. The Balaban J connectivity index is 2.16. The number of likely N-dealkylation sites (tertiary alicyclic amines) is 1. The molecule has 0 amide bonds. The molecule has 114 valence electrons. The molecule has 0 bridgehead atoms. The number of halogens is 3. The Kier molecular flexibility index (Phi) is 4.41. The van der Waals surface area contributed by atoms with Crippen molar-refractivity contribution in [3.8, 4) is 0 Å². The molecular formula is C13H19F3N2OS. The Morgan fingerprint density at radius 2 is 1.85 bits per heavy atom. The van der Waals surface area contributed by atoms with Gasteiger partial charge in [0.1, 0.15) is 6.10 Å². The minimum Gasteiger partial charge on any atom is -0.386 e. The number of thiazole rings is 1. The molecule has 1 fully saturated rings. The number of aliphatic hydroxyl groups excluding tert-OH is 1. The average Bonchev–Trinajstić information content (AvgIpc) is 2.88. The SMILES string of the molecule is CC(C)(C(O)c1cnc(C(F)(F)F)s1)N1CCCCC1. The summed E-state index contributed by atoms with van der Waals surface area (Å²) in [6, 6.07) is 0. The molecule has 1 aromatic rings. The normalized spacial score (nSPS) is 20.1. The fourth-order valence-corrected chi connectivity index (χ4v) is 3.49. The number of aliphatic hydroxyl groups is 1. The Bertz CT molecular complexity index is 453. The van der Waals surface area contributed by atoms with E-state index in [1.807, 2.05) is 13.8 Å². The van der Waals surface area contributed by atoms with Gasteiger partial charge >= 0.3 is 6.18 Å². The van der Waals surface area contributed by atoms with Gasteiger partial charge in [0.05, 0.1) is 4.88 Å². The molecule has 0 radical (unpaired) electrons. The van der Waals surface area contributed by atoms with E-state index in [1.54, 1.807) is 0 Å². The lowest BCUT2D eigenvalue weighted by atomic mass is 9.91. The van der Waals surface area contributed by atoms with Gasteiger partial charge in [-0.05, 0) is 39.8 Å². The van der Waals surface area contributed by atoms with Gasteiger partial charge in [-0.1, -0.05) is 6.42 Å². The molecule has 1 unspecified atom stereocenters. The van der Waals surface area contributed by atoms with Crippen LogP contribution in [0.25, 0.3) is 0 Å². The summed E-state index contributed by atoms with van der Waals surface area (Å²) in [7, 11) is 0. The van der Waals surface area contributed by atoms with E-state index in [4.69, 9.17) is 0 Å². The molecule has 0 saturated carbocycles. The summed E-state index contributed by atoms with van der Waals surface area (Å²) in [5.41, 5.74) is -0.587. The van der Waals surface area contributed by atoms with Crippen LogP contribution in [0.2, 0.25) is 0 Å². The highest BCUT2D eigenvalue weighted by atomic mass is 32.1. The van der Waals surface area contributed by atoms with E-state index < -0.39 is 22.8 Å². The Labute approximate surface area is 120 Å². The van der Waals surface area contributed by atoms with E-state index in [2.05, 4.69) is 9.88 Å². The van der Waals surface area contributed by atoms with Crippen molar-refractivity contribution in [2.24, 2.45) is 0 Å². The predicted octanol–water partition coefficient (Wildman–Crippen LogP) is 3.46. The standard InChI is InChI=1S/C13H19F3N2OS/c1-12(2,18-6-4-3-5-7-18)10(19)9-8-17-11(20-9)13(14,15)16/h8,10,19H,3-7H2,1-2H3. The fourth-order valence-electron chi connectivity index (χ4n) is 2.54. The first-order valence-electron chi connectivity index (χ1n) is 6.69. The Hall–Kier alpha value is -0.660. The van der Waals surface area contributed by atoms with E-state index in [0.717, 1.165) is 32.1 Å². The molecule has 0 aromatic carbocycles.